The second kappa shape index (κ2) is 6.42. The van der Waals surface area contributed by atoms with Crippen LogP contribution in [0.3, 0.4) is 0 Å². The van der Waals surface area contributed by atoms with Gasteiger partial charge in [-0.25, -0.2) is 0 Å². The van der Waals surface area contributed by atoms with E-state index in [4.69, 9.17) is 4.74 Å². The molecule has 0 radical (unpaired) electrons. The van der Waals surface area contributed by atoms with E-state index in [1.807, 2.05) is 0 Å². The van der Waals surface area contributed by atoms with E-state index in [0.717, 1.165) is 26.3 Å². The van der Waals surface area contributed by atoms with Gasteiger partial charge in [-0.2, -0.15) is 0 Å². The Morgan fingerprint density at radius 3 is 2.72 bits per heavy atom. The Kier molecular flexibility index (Phi) is 4.63. The van der Waals surface area contributed by atoms with Gasteiger partial charge in [0.05, 0.1) is 13.2 Å². The van der Waals surface area contributed by atoms with Crippen LogP contribution in [0.2, 0.25) is 0 Å². The molecule has 1 saturated heterocycles. The normalized spacial score (nSPS) is 26.7. The summed E-state index contributed by atoms with van der Waals surface area (Å²) in [5, 5.41) is 0. The van der Waals surface area contributed by atoms with Gasteiger partial charge in [-0.15, -0.1) is 11.8 Å². The van der Waals surface area contributed by atoms with Gasteiger partial charge in [-0.3, -0.25) is 9.80 Å². The highest BCUT2D eigenvalue weighted by atomic mass is 32.2. The van der Waals surface area contributed by atoms with Crippen molar-refractivity contribution < 1.29 is 4.74 Å². The quantitative estimate of drug-likeness (QED) is 0.772. The molecule has 3 aliphatic rings. The molecule has 0 atom stereocenters. The Hall–Kier alpha value is -0.0300. The maximum absolute atomic E-state index is 5.38. The van der Waals surface area contributed by atoms with Crippen molar-refractivity contribution in [2.24, 2.45) is 0 Å². The van der Waals surface area contributed by atoms with Crippen LogP contribution >= 0.6 is 11.8 Å². The standard InChI is InChI=1S/C14H24N2OS/c1(4-15-7-9-17-10-8-15)5-16-6-2-13-3-11-18-14(13)12-16/h1-12H2. The highest BCUT2D eigenvalue weighted by Crippen LogP contribution is 2.36. The average Bonchev–Trinajstić information content (AvgIpc) is 2.87. The zero-order valence-corrected chi connectivity index (χ0v) is 12.0. The predicted molar refractivity (Wildman–Crippen MR) is 77.0 cm³/mol. The molecule has 3 nitrogen and oxygen atoms in total. The topological polar surface area (TPSA) is 15.7 Å². The number of hydrogen-bond donors (Lipinski definition) is 0. The lowest BCUT2D eigenvalue weighted by Crippen LogP contribution is -2.39. The van der Waals surface area contributed by atoms with E-state index >= 15 is 0 Å². The molecule has 4 heteroatoms. The first-order chi connectivity index (χ1) is 8.92. The molecule has 3 heterocycles. The molecule has 0 amide bonds. The summed E-state index contributed by atoms with van der Waals surface area (Å²) >= 11 is 2.10. The SMILES string of the molecule is C(CN1CCOCC1)CN1CCC2=C(C1)SCC2. The summed E-state index contributed by atoms with van der Waals surface area (Å²) in [4.78, 5) is 6.90. The fourth-order valence-corrected chi connectivity index (χ4v) is 4.35. The van der Waals surface area contributed by atoms with Crippen LogP contribution in [0.25, 0.3) is 0 Å². The lowest BCUT2D eigenvalue weighted by Gasteiger charge is -2.30. The lowest BCUT2D eigenvalue weighted by molar-refractivity contribution is 0.0362. The third-order valence-corrected chi connectivity index (χ3v) is 5.40. The molecule has 0 unspecified atom stereocenters. The zero-order valence-electron chi connectivity index (χ0n) is 11.2. The number of rotatable bonds is 4. The fraction of sp³-hybridized carbons (Fsp3) is 0.857. The van der Waals surface area contributed by atoms with Gasteiger partial charge in [0.25, 0.3) is 0 Å². The van der Waals surface area contributed by atoms with Gasteiger partial charge in [0, 0.05) is 31.9 Å². The van der Waals surface area contributed by atoms with Crippen LogP contribution in [-0.2, 0) is 4.74 Å². The first-order valence-electron chi connectivity index (χ1n) is 7.28. The summed E-state index contributed by atoms with van der Waals surface area (Å²) in [5.41, 5.74) is 1.77. The number of morpholine rings is 1. The van der Waals surface area contributed by atoms with Crippen LogP contribution in [-0.4, -0.2) is 68.0 Å². The van der Waals surface area contributed by atoms with E-state index in [0.29, 0.717) is 0 Å². The average molecular weight is 268 g/mol. The predicted octanol–water partition coefficient (Wildman–Crippen LogP) is 1.81. The van der Waals surface area contributed by atoms with Gasteiger partial charge in [0.1, 0.15) is 0 Å². The van der Waals surface area contributed by atoms with Gasteiger partial charge in [0.2, 0.25) is 0 Å². The van der Waals surface area contributed by atoms with Crippen LogP contribution in [0, 0.1) is 0 Å². The van der Waals surface area contributed by atoms with Crippen molar-refractivity contribution in [1.29, 1.82) is 0 Å². The van der Waals surface area contributed by atoms with Crippen LogP contribution < -0.4 is 0 Å². The first kappa shape index (κ1) is 13.0. The molecule has 0 aromatic carbocycles. The summed E-state index contributed by atoms with van der Waals surface area (Å²) in [5.74, 6) is 1.34. The first-order valence-corrected chi connectivity index (χ1v) is 8.26. The smallest absolute Gasteiger partial charge is 0.0594 e. The van der Waals surface area contributed by atoms with E-state index in [9.17, 15) is 0 Å². The number of nitrogens with zero attached hydrogens (tertiary/aromatic N) is 2. The molecule has 102 valence electrons. The summed E-state index contributed by atoms with van der Waals surface area (Å²) in [6, 6.07) is 0. The van der Waals surface area contributed by atoms with Crippen LogP contribution in [0.15, 0.2) is 10.5 Å². The van der Waals surface area contributed by atoms with Crippen molar-refractivity contribution in [3.8, 4) is 0 Å². The summed E-state index contributed by atoms with van der Waals surface area (Å²) in [7, 11) is 0. The minimum atomic E-state index is 0.927. The maximum atomic E-state index is 5.38. The van der Waals surface area contributed by atoms with Crippen molar-refractivity contribution >= 4 is 11.8 Å². The molecule has 3 rings (SSSR count). The van der Waals surface area contributed by atoms with Crippen LogP contribution in [0.1, 0.15) is 19.3 Å². The summed E-state index contributed by atoms with van der Waals surface area (Å²) in [6.07, 6.45) is 4.01. The zero-order chi connectivity index (χ0) is 12.2. The Labute approximate surface area is 115 Å². The third kappa shape index (κ3) is 3.29. The van der Waals surface area contributed by atoms with Crippen molar-refractivity contribution in [1.82, 2.24) is 9.80 Å². The minimum absolute atomic E-state index is 0.927. The van der Waals surface area contributed by atoms with Crippen LogP contribution in [0.4, 0.5) is 0 Å². The Morgan fingerprint density at radius 2 is 1.83 bits per heavy atom. The third-order valence-electron chi connectivity index (χ3n) is 4.22. The maximum Gasteiger partial charge on any atom is 0.0594 e. The molecule has 0 aromatic rings. The molecular weight excluding hydrogens is 244 g/mol. The molecule has 0 aliphatic carbocycles. The fourth-order valence-electron chi connectivity index (χ4n) is 3.07. The molecule has 0 saturated carbocycles. The monoisotopic (exact) mass is 268 g/mol. The largest absolute Gasteiger partial charge is 0.379 e. The van der Waals surface area contributed by atoms with E-state index in [1.165, 1.54) is 51.2 Å². The van der Waals surface area contributed by atoms with Gasteiger partial charge in [0.15, 0.2) is 0 Å². The molecule has 0 N–H and O–H groups in total. The molecule has 0 spiro atoms. The Bertz CT molecular complexity index is 313. The Morgan fingerprint density at radius 1 is 1.00 bits per heavy atom. The van der Waals surface area contributed by atoms with Crippen molar-refractivity contribution in [2.45, 2.75) is 19.3 Å². The second-order valence-corrected chi connectivity index (χ2v) is 6.65. The molecule has 0 bridgehead atoms. The highest BCUT2D eigenvalue weighted by molar-refractivity contribution is 8.03. The van der Waals surface area contributed by atoms with Crippen molar-refractivity contribution in [2.75, 3.05) is 58.2 Å². The minimum Gasteiger partial charge on any atom is -0.379 e. The van der Waals surface area contributed by atoms with E-state index in [1.54, 1.807) is 10.5 Å². The van der Waals surface area contributed by atoms with Gasteiger partial charge in [-0.05, 0) is 37.3 Å². The second-order valence-electron chi connectivity index (χ2n) is 5.46. The lowest BCUT2D eigenvalue weighted by atomic mass is 10.1. The van der Waals surface area contributed by atoms with E-state index < -0.39 is 0 Å². The molecule has 3 aliphatic heterocycles. The molecule has 1 fully saturated rings. The molecular formula is C14H24N2OS. The Balaban J connectivity index is 1.36. The molecule has 18 heavy (non-hydrogen) atoms. The van der Waals surface area contributed by atoms with Crippen LogP contribution in [0.5, 0.6) is 0 Å². The van der Waals surface area contributed by atoms with E-state index in [-0.39, 0.29) is 0 Å². The number of ether oxygens (including phenoxy) is 1. The van der Waals surface area contributed by atoms with Gasteiger partial charge < -0.3 is 4.74 Å². The van der Waals surface area contributed by atoms with Gasteiger partial charge >= 0.3 is 0 Å². The van der Waals surface area contributed by atoms with Crippen molar-refractivity contribution in [3.63, 3.8) is 0 Å². The van der Waals surface area contributed by atoms with E-state index in [2.05, 4.69) is 21.6 Å². The van der Waals surface area contributed by atoms with Crippen molar-refractivity contribution in [3.05, 3.63) is 10.5 Å². The highest BCUT2D eigenvalue weighted by Gasteiger charge is 2.22. The summed E-state index contributed by atoms with van der Waals surface area (Å²) in [6.45, 7) is 9.17. The number of hydrogen-bond acceptors (Lipinski definition) is 4. The van der Waals surface area contributed by atoms with Gasteiger partial charge in [-0.1, -0.05) is 5.57 Å². The number of thioether (sulfide) groups is 1. The molecule has 0 aromatic heterocycles. The summed E-state index contributed by atoms with van der Waals surface area (Å²) < 4.78 is 5.38.